The van der Waals surface area contributed by atoms with Crippen LogP contribution in [0.25, 0.3) is 0 Å². The summed E-state index contributed by atoms with van der Waals surface area (Å²) >= 11 is 0. The number of hydrogen-bond acceptors (Lipinski definition) is 2. The second kappa shape index (κ2) is 6.08. The van der Waals surface area contributed by atoms with Gasteiger partial charge >= 0.3 is 0 Å². The van der Waals surface area contributed by atoms with Crippen LogP contribution in [0.3, 0.4) is 0 Å². The van der Waals surface area contributed by atoms with Crippen molar-refractivity contribution in [1.82, 2.24) is 0 Å². The molecule has 0 fully saturated rings. The van der Waals surface area contributed by atoms with Crippen molar-refractivity contribution in [3.05, 3.63) is 53.3 Å². The van der Waals surface area contributed by atoms with Crippen molar-refractivity contribution in [3.8, 4) is 17.2 Å². The van der Waals surface area contributed by atoms with Gasteiger partial charge in [0.25, 0.3) is 0 Å². The van der Waals surface area contributed by atoms with Gasteiger partial charge in [0.2, 0.25) is 0 Å². The maximum atomic E-state index is 13.1. The van der Waals surface area contributed by atoms with Crippen molar-refractivity contribution in [2.24, 2.45) is 0 Å². The largest absolute Gasteiger partial charge is 0.496 e. The van der Waals surface area contributed by atoms with E-state index in [0.29, 0.717) is 11.5 Å². The zero-order valence-electron chi connectivity index (χ0n) is 11.9. The lowest BCUT2D eigenvalue weighted by Crippen LogP contribution is -1.96. The standard InChI is InChI=1S/C16H15F3O2/c1-9(2)12-5-4-10(8-15(12)20-3)21-11-6-13(17)16(19)14(18)7-11/h4-9H,1-3H3. The zero-order valence-corrected chi connectivity index (χ0v) is 11.9. The molecular formula is C16H15F3O2. The van der Waals surface area contributed by atoms with Crippen LogP contribution in [0.5, 0.6) is 17.2 Å². The molecule has 2 rings (SSSR count). The maximum absolute atomic E-state index is 13.1. The van der Waals surface area contributed by atoms with Crippen molar-refractivity contribution in [2.45, 2.75) is 19.8 Å². The Bertz CT molecular complexity index is 631. The second-order valence-electron chi connectivity index (χ2n) is 4.86. The Morgan fingerprint density at radius 3 is 2.05 bits per heavy atom. The average molecular weight is 296 g/mol. The minimum atomic E-state index is -1.52. The van der Waals surface area contributed by atoms with Gasteiger partial charge in [0.05, 0.1) is 7.11 Å². The quantitative estimate of drug-likeness (QED) is 0.737. The van der Waals surface area contributed by atoms with Gasteiger partial charge in [0, 0.05) is 18.2 Å². The van der Waals surface area contributed by atoms with Crippen LogP contribution in [-0.2, 0) is 0 Å². The van der Waals surface area contributed by atoms with Gasteiger partial charge in [-0.1, -0.05) is 19.9 Å². The molecule has 2 aromatic rings. The monoisotopic (exact) mass is 296 g/mol. The Labute approximate surface area is 121 Å². The molecule has 21 heavy (non-hydrogen) atoms. The van der Waals surface area contributed by atoms with E-state index in [1.807, 2.05) is 19.9 Å². The Morgan fingerprint density at radius 2 is 1.52 bits per heavy atom. The molecular weight excluding hydrogens is 281 g/mol. The number of methoxy groups -OCH3 is 1. The van der Waals surface area contributed by atoms with Gasteiger partial charge < -0.3 is 9.47 Å². The summed E-state index contributed by atoms with van der Waals surface area (Å²) in [5, 5.41) is 0. The highest BCUT2D eigenvalue weighted by Crippen LogP contribution is 2.33. The molecule has 2 aromatic carbocycles. The zero-order chi connectivity index (χ0) is 15.6. The molecule has 0 saturated heterocycles. The molecule has 2 nitrogen and oxygen atoms in total. The molecule has 0 saturated carbocycles. The maximum Gasteiger partial charge on any atom is 0.194 e. The predicted molar refractivity (Wildman–Crippen MR) is 73.5 cm³/mol. The van der Waals surface area contributed by atoms with E-state index in [-0.39, 0.29) is 11.7 Å². The lowest BCUT2D eigenvalue weighted by Gasteiger charge is -2.14. The van der Waals surface area contributed by atoms with Gasteiger partial charge in [0.15, 0.2) is 17.5 Å². The normalized spacial score (nSPS) is 10.8. The van der Waals surface area contributed by atoms with E-state index < -0.39 is 17.5 Å². The fourth-order valence-electron chi connectivity index (χ4n) is 1.96. The van der Waals surface area contributed by atoms with Crippen LogP contribution < -0.4 is 9.47 Å². The highest BCUT2D eigenvalue weighted by Gasteiger charge is 2.13. The summed E-state index contributed by atoms with van der Waals surface area (Å²) in [4.78, 5) is 0. The van der Waals surface area contributed by atoms with Gasteiger partial charge in [-0.3, -0.25) is 0 Å². The van der Waals surface area contributed by atoms with Crippen molar-refractivity contribution in [3.63, 3.8) is 0 Å². The van der Waals surface area contributed by atoms with E-state index in [2.05, 4.69) is 0 Å². The van der Waals surface area contributed by atoms with Crippen LogP contribution in [-0.4, -0.2) is 7.11 Å². The van der Waals surface area contributed by atoms with Crippen LogP contribution >= 0.6 is 0 Å². The molecule has 0 N–H and O–H groups in total. The van der Waals surface area contributed by atoms with E-state index >= 15 is 0 Å². The summed E-state index contributed by atoms with van der Waals surface area (Å²) in [6.07, 6.45) is 0. The van der Waals surface area contributed by atoms with E-state index in [9.17, 15) is 13.2 Å². The van der Waals surface area contributed by atoms with Gasteiger partial charge in [-0.05, 0) is 17.5 Å². The van der Waals surface area contributed by atoms with Crippen LogP contribution in [0.4, 0.5) is 13.2 Å². The summed E-state index contributed by atoms with van der Waals surface area (Å²) in [7, 11) is 1.53. The van der Waals surface area contributed by atoms with Crippen LogP contribution in [0.2, 0.25) is 0 Å². The molecule has 0 aliphatic carbocycles. The van der Waals surface area contributed by atoms with Gasteiger partial charge in [-0.2, -0.15) is 0 Å². The van der Waals surface area contributed by atoms with Gasteiger partial charge in [-0.15, -0.1) is 0 Å². The molecule has 0 unspecified atom stereocenters. The first kappa shape index (κ1) is 15.2. The minimum Gasteiger partial charge on any atom is -0.496 e. The van der Waals surface area contributed by atoms with Gasteiger partial charge in [-0.25, -0.2) is 13.2 Å². The van der Waals surface area contributed by atoms with E-state index in [1.165, 1.54) is 7.11 Å². The Hall–Kier alpha value is -2.17. The molecule has 0 spiro atoms. The third-order valence-electron chi connectivity index (χ3n) is 3.02. The first-order chi connectivity index (χ1) is 9.92. The van der Waals surface area contributed by atoms with Crippen LogP contribution in [0.15, 0.2) is 30.3 Å². The fourth-order valence-corrected chi connectivity index (χ4v) is 1.96. The third kappa shape index (κ3) is 3.29. The molecule has 0 aromatic heterocycles. The molecule has 0 amide bonds. The smallest absolute Gasteiger partial charge is 0.194 e. The van der Waals surface area contributed by atoms with Crippen molar-refractivity contribution < 1.29 is 22.6 Å². The highest BCUT2D eigenvalue weighted by molar-refractivity contribution is 5.44. The molecule has 0 aliphatic rings. The number of benzene rings is 2. The number of rotatable bonds is 4. The summed E-state index contributed by atoms with van der Waals surface area (Å²) < 4.78 is 49.8. The summed E-state index contributed by atoms with van der Waals surface area (Å²) in [5.41, 5.74) is 0.987. The highest BCUT2D eigenvalue weighted by atomic mass is 19.2. The molecule has 0 aliphatic heterocycles. The number of halogens is 3. The first-order valence-electron chi connectivity index (χ1n) is 6.42. The van der Waals surface area contributed by atoms with Crippen LogP contribution in [0.1, 0.15) is 25.3 Å². The predicted octanol–water partition coefficient (Wildman–Crippen LogP) is 5.03. The topological polar surface area (TPSA) is 18.5 Å². The third-order valence-corrected chi connectivity index (χ3v) is 3.02. The molecule has 0 atom stereocenters. The lowest BCUT2D eigenvalue weighted by molar-refractivity contribution is 0.399. The van der Waals surface area contributed by atoms with E-state index in [4.69, 9.17) is 9.47 Å². The van der Waals surface area contributed by atoms with Crippen LogP contribution in [0, 0.1) is 17.5 Å². The second-order valence-corrected chi connectivity index (χ2v) is 4.86. The Balaban J connectivity index is 2.32. The molecule has 0 heterocycles. The fraction of sp³-hybridized carbons (Fsp3) is 0.250. The average Bonchev–Trinajstić information content (AvgIpc) is 2.44. The number of hydrogen-bond donors (Lipinski definition) is 0. The summed E-state index contributed by atoms with van der Waals surface area (Å²) in [5.74, 6) is -3.01. The van der Waals surface area contributed by atoms with E-state index in [0.717, 1.165) is 17.7 Å². The van der Waals surface area contributed by atoms with Crippen molar-refractivity contribution in [1.29, 1.82) is 0 Å². The van der Waals surface area contributed by atoms with E-state index in [1.54, 1.807) is 12.1 Å². The molecule has 5 heteroatoms. The number of ether oxygens (including phenoxy) is 2. The molecule has 0 bridgehead atoms. The van der Waals surface area contributed by atoms with Crippen molar-refractivity contribution in [2.75, 3.05) is 7.11 Å². The minimum absolute atomic E-state index is 0.120. The SMILES string of the molecule is COc1cc(Oc2cc(F)c(F)c(F)c2)ccc1C(C)C. The van der Waals surface area contributed by atoms with Gasteiger partial charge in [0.1, 0.15) is 17.2 Å². The summed E-state index contributed by atoms with van der Waals surface area (Å²) in [6.45, 7) is 4.03. The molecule has 0 radical (unpaired) electrons. The molecule has 112 valence electrons. The summed E-state index contributed by atoms with van der Waals surface area (Å²) in [6, 6.07) is 6.68. The Morgan fingerprint density at radius 1 is 0.905 bits per heavy atom. The Kier molecular flexibility index (Phi) is 4.40. The van der Waals surface area contributed by atoms with Crippen molar-refractivity contribution >= 4 is 0 Å². The lowest BCUT2D eigenvalue weighted by atomic mass is 10.0. The first-order valence-corrected chi connectivity index (χ1v) is 6.42.